The number of hydrogen-bond donors (Lipinski definition) is 0. The number of hydrogen-bond acceptors (Lipinski definition) is 1. The van der Waals surface area contributed by atoms with Gasteiger partial charge in [0, 0.05) is 16.7 Å². The SMILES string of the molecule is O=C(c1cc(Br)ccc1F)N1CCCc2cc(F)ccc21. The summed E-state index contributed by atoms with van der Waals surface area (Å²) < 4.78 is 27.8. The summed E-state index contributed by atoms with van der Waals surface area (Å²) in [5.74, 6) is -1.28. The van der Waals surface area contributed by atoms with Crippen LogP contribution in [-0.2, 0) is 6.42 Å². The molecule has 0 N–H and O–H groups in total. The van der Waals surface area contributed by atoms with E-state index in [4.69, 9.17) is 0 Å². The molecule has 1 aliphatic rings. The minimum atomic E-state index is -0.558. The van der Waals surface area contributed by atoms with Crippen LogP contribution in [0.4, 0.5) is 14.5 Å². The standard InChI is InChI=1S/C16H12BrF2NO/c17-11-3-5-14(19)13(9-11)16(21)20-7-1-2-10-8-12(18)4-6-15(10)20/h3-6,8-9H,1-2,7H2. The van der Waals surface area contributed by atoms with Crippen LogP contribution in [0.25, 0.3) is 0 Å². The van der Waals surface area contributed by atoms with Gasteiger partial charge in [0.1, 0.15) is 11.6 Å². The maximum Gasteiger partial charge on any atom is 0.261 e. The number of anilines is 1. The summed E-state index contributed by atoms with van der Waals surface area (Å²) in [5, 5.41) is 0. The summed E-state index contributed by atoms with van der Waals surface area (Å²) in [6, 6.07) is 8.61. The Morgan fingerprint density at radius 3 is 2.76 bits per heavy atom. The molecule has 0 saturated heterocycles. The number of carbonyl (C=O) groups is 1. The van der Waals surface area contributed by atoms with Crippen LogP contribution in [0.3, 0.4) is 0 Å². The van der Waals surface area contributed by atoms with E-state index in [9.17, 15) is 13.6 Å². The first kappa shape index (κ1) is 14.2. The molecule has 0 spiro atoms. The third kappa shape index (κ3) is 2.70. The van der Waals surface area contributed by atoms with Crippen LogP contribution < -0.4 is 4.90 Å². The Morgan fingerprint density at radius 1 is 1.14 bits per heavy atom. The molecule has 21 heavy (non-hydrogen) atoms. The normalized spacial score (nSPS) is 14.0. The van der Waals surface area contributed by atoms with E-state index in [1.54, 1.807) is 12.1 Å². The highest BCUT2D eigenvalue weighted by Crippen LogP contribution is 2.30. The van der Waals surface area contributed by atoms with E-state index in [-0.39, 0.29) is 11.4 Å². The number of amides is 1. The second-order valence-corrected chi connectivity index (χ2v) is 5.87. The van der Waals surface area contributed by atoms with Gasteiger partial charge in [0.15, 0.2) is 0 Å². The van der Waals surface area contributed by atoms with Gasteiger partial charge >= 0.3 is 0 Å². The Hall–Kier alpha value is -1.75. The van der Waals surface area contributed by atoms with Crippen molar-refractivity contribution < 1.29 is 13.6 Å². The molecular formula is C16H12BrF2NO. The van der Waals surface area contributed by atoms with Crippen molar-refractivity contribution in [2.75, 3.05) is 11.4 Å². The van der Waals surface area contributed by atoms with E-state index < -0.39 is 11.7 Å². The number of benzene rings is 2. The maximum atomic E-state index is 13.9. The Labute approximate surface area is 129 Å². The predicted octanol–water partition coefficient (Wildman–Crippen LogP) is 4.32. The molecule has 1 aliphatic heterocycles. The van der Waals surface area contributed by atoms with Gasteiger partial charge in [-0.15, -0.1) is 0 Å². The summed E-state index contributed by atoms with van der Waals surface area (Å²) in [6.07, 6.45) is 1.45. The van der Waals surface area contributed by atoms with Crippen LogP contribution in [-0.4, -0.2) is 12.5 Å². The van der Waals surface area contributed by atoms with Crippen LogP contribution in [0, 0.1) is 11.6 Å². The molecule has 0 aromatic heterocycles. The summed E-state index contributed by atoms with van der Waals surface area (Å²) >= 11 is 3.24. The molecule has 2 nitrogen and oxygen atoms in total. The lowest BCUT2D eigenvalue weighted by molar-refractivity contribution is 0.0981. The van der Waals surface area contributed by atoms with Gasteiger partial charge in [-0.25, -0.2) is 8.78 Å². The second-order valence-electron chi connectivity index (χ2n) is 4.96. The van der Waals surface area contributed by atoms with E-state index in [1.807, 2.05) is 0 Å². The largest absolute Gasteiger partial charge is 0.308 e. The molecule has 2 aromatic rings. The van der Waals surface area contributed by atoms with Crippen molar-refractivity contribution in [2.24, 2.45) is 0 Å². The fourth-order valence-electron chi connectivity index (χ4n) is 2.58. The zero-order valence-corrected chi connectivity index (χ0v) is 12.7. The third-order valence-corrected chi connectivity index (χ3v) is 4.06. The van der Waals surface area contributed by atoms with Gasteiger partial charge in [0.05, 0.1) is 5.56 Å². The smallest absolute Gasteiger partial charge is 0.261 e. The van der Waals surface area contributed by atoms with E-state index in [1.165, 1.54) is 29.2 Å². The number of aryl methyl sites for hydroxylation is 1. The zero-order chi connectivity index (χ0) is 15.0. The minimum Gasteiger partial charge on any atom is -0.308 e. The molecule has 0 fully saturated rings. The Bertz CT molecular complexity index is 717. The summed E-state index contributed by atoms with van der Waals surface area (Å²) in [7, 11) is 0. The molecule has 0 saturated carbocycles. The molecule has 0 unspecified atom stereocenters. The highest BCUT2D eigenvalue weighted by molar-refractivity contribution is 9.10. The summed E-state index contributed by atoms with van der Waals surface area (Å²) in [4.78, 5) is 14.1. The van der Waals surface area contributed by atoms with Crippen LogP contribution in [0.15, 0.2) is 40.9 Å². The molecule has 0 radical (unpaired) electrons. The quantitative estimate of drug-likeness (QED) is 0.749. The lowest BCUT2D eigenvalue weighted by atomic mass is 10.0. The van der Waals surface area contributed by atoms with Gasteiger partial charge in [-0.2, -0.15) is 0 Å². The number of carbonyl (C=O) groups excluding carboxylic acids is 1. The van der Waals surface area contributed by atoms with Crippen molar-refractivity contribution in [1.82, 2.24) is 0 Å². The fourth-order valence-corrected chi connectivity index (χ4v) is 2.94. The minimum absolute atomic E-state index is 0.0153. The topological polar surface area (TPSA) is 20.3 Å². The molecule has 0 bridgehead atoms. The highest BCUT2D eigenvalue weighted by atomic mass is 79.9. The first-order chi connectivity index (χ1) is 10.1. The van der Waals surface area contributed by atoms with Crippen molar-refractivity contribution in [1.29, 1.82) is 0 Å². The summed E-state index contributed by atoms with van der Waals surface area (Å²) in [5.41, 5.74) is 1.46. The average Bonchev–Trinajstić information content (AvgIpc) is 2.48. The van der Waals surface area contributed by atoms with Crippen molar-refractivity contribution >= 4 is 27.5 Å². The summed E-state index contributed by atoms with van der Waals surface area (Å²) in [6.45, 7) is 0.503. The van der Waals surface area contributed by atoms with Crippen LogP contribution in [0.2, 0.25) is 0 Å². The Balaban J connectivity index is 2.02. The molecular weight excluding hydrogens is 340 g/mol. The van der Waals surface area contributed by atoms with Crippen molar-refractivity contribution in [3.8, 4) is 0 Å². The number of fused-ring (bicyclic) bond motifs is 1. The number of halogens is 3. The molecule has 1 amide bonds. The van der Waals surface area contributed by atoms with Crippen molar-refractivity contribution in [3.63, 3.8) is 0 Å². The van der Waals surface area contributed by atoms with E-state index in [2.05, 4.69) is 15.9 Å². The number of rotatable bonds is 1. The molecule has 0 atom stereocenters. The predicted molar refractivity (Wildman–Crippen MR) is 80.5 cm³/mol. The Kier molecular flexibility index (Phi) is 3.76. The first-order valence-corrected chi connectivity index (χ1v) is 7.41. The van der Waals surface area contributed by atoms with Crippen LogP contribution in [0.1, 0.15) is 22.3 Å². The van der Waals surface area contributed by atoms with Gasteiger partial charge in [-0.05, 0) is 54.8 Å². The molecule has 3 rings (SSSR count). The maximum absolute atomic E-state index is 13.9. The van der Waals surface area contributed by atoms with Gasteiger partial charge in [0.25, 0.3) is 5.91 Å². The van der Waals surface area contributed by atoms with Gasteiger partial charge in [-0.1, -0.05) is 15.9 Å². The average molecular weight is 352 g/mol. The van der Waals surface area contributed by atoms with Gasteiger partial charge in [-0.3, -0.25) is 4.79 Å². The van der Waals surface area contributed by atoms with Crippen molar-refractivity contribution in [2.45, 2.75) is 12.8 Å². The fraction of sp³-hybridized carbons (Fsp3) is 0.188. The lowest BCUT2D eigenvalue weighted by Crippen LogP contribution is -2.36. The second kappa shape index (κ2) is 5.56. The van der Waals surface area contributed by atoms with Gasteiger partial charge in [0.2, 0.25) is 0 Å². The first-order valence-electron chi connectivity index (χ1n) is 6.61. The van der Waals surface area contributed by atoms with Crippen LogP contribution >= 0.6 is 15.9 Å². The lowest BCUT2D eigenvalue weighted by Gasteiger charge is -2.29. The van der Waals surface area contributed by atoms with E-state index >= 15 is 0 Å². The zero-order valence-electron chi connectivity index (χ0n) is 11.1. The Morgan fingerprint density at radius 2 is 1.95 bits per heavy atom. The van der Waals surface area contributed by atoms with E-state index in [0.29, 0.717) is 16.7 Å². The highest BCUT2D eigenvalue weighted by Gasteiger charge is 2.25. The number of nitrogens with zero attached hydrogens (tertiary/aromatic N) is 1. The van der Waals surface area contributed by atoms with Crippen molar-refractivity contribution in [3.05, 3.63) is 63.6 Å². The van der Waals surface area contributed by atoms with Gasteiger partial charge < -0.3 is 4.90 Å². The third-order valence-electron chi connectivity index (χ3n) is 3.56. The molecule has 108 valence electrons. The molecule has 0 aliphatic carbocycles. The van der Waals surface area contributed by atoms with Crippen LogP contribution in [0.5, 0.6) is 0 Å². The molecule has 5 heteroatoms. The van der Waals surface area contributed by atoms with E-state index in [0.717, 1.165) is 18.4 Å². The monoisotopic (exact) mass is 351 g/mol. The molecule has 1 heterocycles. The molecule has 2 aromatic carbocycles.